The Morgan fingerprint density at radius 2 is 1.96 bits per heavy atom. The Hall–Kier alpha value is -2.83. The van der Waals surface area contributed by atoms with Gasteiger partial charge in [-0.05, 0) is 42.7 Å². The molecule has 2 aliphatic rings. The molecule has 0 spiro atoms. The van der Waals surface area contributed by atoms with Gasteiger partial charge in [0.2, 0.25) is 0 Å². The number of nitrogens with zero attached hydrogens (tertiary/aromatic N) is 5. The molecule has 1 atom stereocenters. The molecule has 3 aromatic rings. The molecule has 2 aliphatic heterocycles. The van der Waals surface area contributed by atoms with Crippen LogP contribution in [0.4, 0.5) is 5.82 Å². The molecule has 1 aromatic carbocycles. The Morgan fingerprint density at radius 1 is 1.04 bits per heavy atom. The van der Waals surface area contributed by atoms with Crippen LogP contribution in [0.1, 0.15) is 24.4 Å². The SMILES string of the molecule is c1cc2c(cc1[C@H]1CCCN1c1ccc3nncn3n1)OCCO2. The molecule has 2 aromatic heterocycles. The quantitative estimate of drug-likeness (QED) is 0.720. The van der Waals surface area contributed by atoms with Gasteiger partial charge >= 0.3 is 0 Å². The highest BCUT2D eigenvalue weighted by atomic mass is 16.6. The van der Waals surface area contributed by atoms with E-state index in [0.29, 0.717) is 19.3 Å². The normalized spacial score (nSPS) is 19.8. The Morgan fingerprint density at radius 3 is 2.92 bits per heavy atom. The summed E-state index contributed by atoms with van der Waals surface area (Å²) in [5.74, 6) is 2.62. The third kappa shape index (κ3) is 2.16. The molecule has 0 aliphatic carbocycles. The average molecular weight is 323 g/mol. The zero-order valence-electron chi connectivity index (χ0n) is 13.1. The average Bonchev–Trinajstić information content (AvgIpc) is 3.29. The summed E-state index contributed by atoms with van der Waals surface area (Å²) in [6.07, 6.45) is 3.87. The van der Waals surface area contributed by atoms with Crippen molar-refractivity contribution in [3.8, 4) is 11.5 Å². The first-order chi connectivity index (χ1) is 11.9. The van der Waals surface area contributed by atoms with Gasteiger partial charge in [-0.2, -0.15) is 4.52 Å². The minimum absolute atomic E-state index is 0.294. The number of hydrogen-bond acceptors (Lipinski definition) is 6. The molecular weight excluding hydrogens is 306 g/mol. The van der Waals surface area contributed by atoms with E-state index < -0.39 is 0 Å². The highest BCUT2D eigenvalue weighted by Crippen LogP contribution is 2.39. The Balaban J connectivity index is 1.50. The van der Waals surface area contributed by atoms with E-state index in [0.717, 1.165) is 42.4 Å². The minimum Gasteiger partial charge on any atom is -0.486 e. The second-order valence-electron chi connectivity index (χ2n) is 6.08. The van der Waals surface area contributed by atoms with E-state index in [9.17, 15) is 0 Å². The third-order valence-corrected chi connectivity index (χ3v) is 4.65. The van der Waals surface area contributed by atoms with Crippen LogP contribution in [0.25, 0.3) is 5.65 Å². The monoisotopic (exact) mass is 323 g/mol. The molecule has 1 saturated heterocycles. The van der Waals surface area contributed by atoms with Crippen LogP contribution in [0, 0.1) is 0 Å². The number of benzene rings is 1. The van der Waals surface area contributed by atoms with Gasteiger partial charge in [0.1, 0.15) is 25.4 Å². The molecule has 7 heteroatoms. The molecule has 0 amide bonds. The molecule has 4 heterocycles. The molecule has 0 bridgehead atoms. The Bertz CT molecular complexity index is 894. The summed E-state index contributed by atoms with van der Waals surface area (Å²) in [5.41, 5.74) is 2.00. The maximum Gasteiger partial charge on any atom is 0.177 e. The molecule has 1 fully saturated rings. The van der Waals surface area contributed by atoms with Crippen molar-refractivity contribution in [1.82, 2.24) is 19.8 Å². The lowest BCUT2D eigenvalue weighted by Crippen LogP contribution is -2.24. The number of rotatable bonds is 2. The van der Waals surface area contributed by atoms with Crippen molar-refractivity contribution in [2.24, 2.45) is 0 Å². The van der Waals surface area contributed by atoms with Crippen LogP contribution in [-0.2, 0) is 0 Å². The zero-order chi connectivity index (χ0) is 15.9. The summed E-state index contributed by atoms with van der Waals surface area (Å²) < 4.78 is 13.1. The molecule has 5 rings (SSSR count). The molecule has 24 heavy (non-hydrogen) atoms. The van der Waals surface area contributed by atoms with Crippen molar-refractivity contribution in [2.75, 3.05) is 24.7 Å². The summed E-state index contributed by atoms with van der Waals surface area (Å²) in [6, 6.07) is 10.5. The number of hydrogen-bond donors (Lipinski definition) is 0. The number of aromatic nitrogens is 4. The molecule has 0 N–H and O–H groups in total. The van der Waals surface area contributed by atoms with Crippen LogP contribution >= 0.6 is 0 Å². The largest absolute Gasteiger partial charge is 0.486 e. The fourth-order valence-electron chi connectivity index (χ4n) is 3.53. The Labute approximate surface area is 138 Å². The molecule has 122 valence electrons. The first-order valence-electron chi connectivity index (χ1n) is 8.22. The maximum absolute atomic E-state index is 5.73. The predicted octanol–water partition coefficient (Wildman–Crippen LogP) is 2.24. The number of fused-ring (bicyclic) bond motifs is 2. The smallest absolute Gasteiger partial charge is 0.177 e. The van der Waals surface area contributed by atoms with Crippen LogP contribution < -0.4 is 14.4 Å². The van der Waals surface area contributed by atoms with E-state index in [2.05, 4.69) is 32.3 Å². The van der Waals surface area contributed by atoms with Gasteiger partial charge in [0.05, 0.1) is 6.04 Å². The van der Waals surface area contributed by atoms with E-state index in [-0.39, 0.29) is 0 Å². The van der Waals surface area contributed by atoms with Crippen LogP contribution in [0.3, 0.4) is 0 Å². The van der Waals surface area contributed by atoms with E-state index in [4.69, 9.17) is 9.47 Å². The van der Waals surface area contributed by atoms with Crippen molar-refractivity contribution >= 4 is 11.5 Å². The van der Waals surface area contributed by atoms with Gasteiger partial charge in [-0.3, -0.25) is 0 Å². The van der Waals surface area contributed by atoms with Gasteiger partial charge in [-0.25, -0.2) is 0 Å². The zero-order valence-corrected chi connectivity index (χ0v) is 13.1. The standard InChI is InChI=1S/C17H17N5O2/c1-2-13(12-3-4-14-15(10-12)24-9-8-23-14)21(7-1)17-6-5-16-19-18-11-22(16)20-17/h3-6,10-11,13H,1-2,7-9H2/t13-/m1/s1. The third-order valence-electron chi connectivity index (χ3n) is 4.65. The molecule has 7 nitrogen and oxygen atoms in total. The van der Waals surface area contributed by atoms with Gasteiger partial charge < -0.3 is 14.4 Å². The molecule has 0 radical (unpaired) electrons. The van der Waals surface area contributed by atoms with Crippen LogP contribution in [0.15, 0.2) is 36.7 Å². The lowest BCUT2D eigenvalue weighted by molar-refractivity contribution is 0.171. The van der Waals surface area contributed by atoms with Crippen LogP contribution in [0.5, 0.6) is 11.5 Å². The highest BCUT2D eigenvalue weighted by molar-refractivity contribution is 5.51. The van der Waals surface area contributed by atoms with Gasteiger partial charge in [-0.15, -0.1) is 15.3 Å². The maximum atomic E-state index is 5.73. The van der Waals surface area contributed by atoms with Gasteiger partial charge in [0.15, 0.2) is 17.1 Å². The second-order valence-corrected chi connectivity index (χ2v) is 6.08. The van der Waals surface area contributed by atoms with Gasteiger partial charge in [0, 0.05) is 6.54 Å². The lowest BCUT2D eigenvalue weighted by Gasteiger charge is -2.27. The second kappa shape index (κ2) is 5.36. The predicted molar refractivity (Wildman–Crippen MR) is 87.5 cm³/mol. The van der Waals surface area contributed by atoms with E-state index in [1.807, 2.05) is 18.2 Å². The van der Waals surface area contributed by atoms with Crippen molar-refractivity contribution in [2.45, 2.75) is 18.9 Å². The first-order valence-corrected chi connectivity index (χ1v) is 8.22. The minimum atomic E-state index is 0.294. The molecular formula is C17H17N5O2. The first kappa shape index (κ1) is 13.6. The van der Waals surface area contributed by atoms with Crippen molar-refractivity contribution in [1.29, 1.82) is 0 Å². The van der Waals surface area contributed by atoms with Crippen LogP contribution in [-0.4, -0.2) is 39.6 Å². The fourth-order valence-corrected chi connectivity index (χ4v) is 3.53. The highest BCUT2D eigenvalue weighted by Gasteiger charge is 2.28. The number of anilines is 1. The molecule has 0 unspecified atom stereocenters. The molecule has 0 saturated carbocycles. The van der Waals surface area contributed by atoms with Crippen molar-refractivity contribution in [3.05, 3.63) is 42.2 Å². The van der Waals surface area contributed by atoms with E-state index >= 15 is 0 Å². The van der Waals surface area contributed by atoms with Crippen molar-refractivity contribution < 1.29 is 9.47 Å². The summed E-state index contributed by atoms with van der Waals surface area (Å²) >= 11 is 0. The summed E-state index contributed by atoms with van der Waals surface area (Å²) in [6.45, 7) is 2.21. The van der Waals surface area contributed by atoms with Crippen LogP contribution in [0.2, 0.25) is 0 Å². The summed E-state index contributed by atoms with van der Waals surface area (Å²) in [7, 11) is 0. The van der Waals surface area contributed by atoms with Gasteiger partial charge in [0.25, 0.3) is 0 Å². The fraction of sp³-hybridized carbons (Fsp3) is 0.353. The van der Waals surface area contributed by atoms with E-state index in [1.165, 1.54) is 5.56 Å². The number of ether oxygens (including phenoxy) is 2. The van der Waals surface area contributed by atoms with E-state index in [1.54, 1.807) is 10.8 Å². The van der Waals surface area contributed by atoms with Crippen molar-refractivity contribution in [3.63, 3.8) is 0 Å². The Kier molecular flexibility index (Phi) is 3.04. The topological polar surface area (TPSA) is 64.8 Å². The van der Waals surface area contributed by atoms with Gasteiger partial charge in [-0.1, -0.05) is 6.07 Å². The summed E-state index contributed by atoms with van der Waals surface area (Å²) in [4.78, 5) is 2.34. The summed E-state index contributed by atoms with van der Waals surface area (Å²) in [5, 5.41) is 12.6. The lowest BCUT2D eigenvalue weighted by atomic mass is 10.0.